The van der Waals surface area contributed by atoms with Gasteiger partial charge in [0.05, 0.1) is 31.3 Å². The van der Waals surface area contributed by atoms with E-state index in [0.717, 1.165) is 12.1 Å². The number of fused-ring (bicyclic) bond motifs is 1. The van der Waals surface area contributed by atoms with Crippen LogP contribution >= 0.6 is 0 Å². The fourth-order valence-electron chi connectivity index (χ4n) is 4.87. The highest BCUT2D eigenvalue weighted by molar-refractivity contribution is 5.88. The third-order valence-corrected chi connectivity index (χ3v) is 7.17. The molecule has 1 N–H and O–H groups in total. The van der Waals surface area contributed by atoms with Crippen LogP contribution in [0.3, 0.4) is 0 Å². The lowest BCUT2D eigenvalue weighted by atomic mass is 10.0. The maximum Gasteiger partial charge on any atom is 0.261 e. The fraction of sp³-hybridized carbons (Fsp3) is 0.242. The van der Waals surface area contributed by atoms with Gasteiger partial charge in [0.25, 0.3) is 5.56 Å². The van der Waals surface area contributed by atoms with Gasteiger partial charge in [0.1, 0.15) is 11.6 Å². The van der Waals surface area contributed by atoms with Crippen LogP contribution in [0.5, 0.6) is 23.0 Å². The number of hydrogen-bond acceptors (Lipinski definition) is 8. The molecule has 1 atom stereocenters. The largest absolute Gasteiger partial charge is 0.493 e. The average molecular weight is 584 g/mol. The summed E-state index contributed by atoms with van der Waals surface area (Å²) in [5.74, 6) is 1.36. The highest BCUT2D eigenvalue weighted by atomic mass is 19.1. The molecule has 0 aliphatic rings. The molecule has 9 nitrogen and oxygen atoms in total. The molecule has 0 fully saturated rings. The number of ether oxygens (including phenoxy) is 3. The SMILES string of the molecule is COc1cc2nccc(Oc3ccc(-c4cnc(C(NCCN(C)C)c5ccccc5)n(C)c4=O)cc3F)c2cc1OC. The number of halogens is 1. The molecule has 5 aromatic rings. The zero-order valence-corrected chi connectivity index (χ0v) is 24.8. The van der Waals surface area contributed by atoms with E-state index in [1.54, 1.807) is 44.6 Å². The van der Waals surface area contributed by atoms with E-state index in [0.29, 0.717) is 46.1 Å². The van der Waals surface area contributed by atoms with Crippen molar-refractivity contribution in [1.82, 2.24) is 24.8 Å². The molecular formula is C33H34FN5O4. The summed E-state index contributed by atoms with van der Waals surface area (Å²) in [6, 6.07) is 19.1. The Hall–Kier alpha value is -4.80. The van der Waals surface area contributed by atoms with Crippen molar-refractivity contribution in [3.05, 3.63) is 107 Å². The first kappa shape index (κ1) is 29.7. The summed E-state index contributed by atoms with van der Waals surface area (Å²) in [4.78, 5) is 24.7. The zero-order chi connectivity index (χ0) is 30.5. The predicted octanol–water partition coefficient (Wildman–Crippen LogP) is 5.18. The van der Waals surface area contributed by atoms with Crippen molar-refractivity contribution < 1.29 is 18.6 Å². The molecule has 0 amide bonds. The molecule has 0 bridgehead atoms. The van der Waals surface area contributed by atoms with Crippen LogP contribution in [0.1, 0.15) is 17.4 Å². The lowest BCUT2D eigenvalue weighted by Crippen LogP contribution is -2.35. The Morgan fingerprint density at radius 1 is 0.930 bits per heavy atom. The van der Waals surface area contributed by atoms with E-state index in [1.165, 1.54) is 30.0 Å². The number of benzene rings is 3. The van der Waals surface area contributed by atoms with E-state index in [1.807, 2.05) is 44.4 Å². The summed E-state index contributed by atoms with van der Waals surface area (Å²) in [5, 5.41) is 4.15. The summed E-state index contributed by atoms with van der Waals surface area (Å²) < 4.78 is 33.7. The van der Waals surface area contributed by atoms with Crippen LogP contribution in [0.4, 0.5) is 4.39 Å². The molecule has 0 radical (unpaired) electrons. The van der Waals surface area contributed by atoms with Crippen LogP contribution in [0.15, 0.2) is 83.9 Å². The second-order valence-corrected chi connectivity index (χ2v) is 10.3. The van der Waals surface area contributed by atoms with Crippen molar-refractivity contribution in [2.45, 2.75) is 6.04 Å². The molecule has 5 rings (SSSR count). The topological polar surface area (TPSA) is 90.7 Å². The quantitative estimate of drug-likeness (QED) is 0.227. The number of rotatable bonds is 11. The van der Waals surface area contributed by atoms with Gasteiger partial charge < -0.3 is 24.4 Å². The molecule has 0 saturated heterocycles. The number of nitrogens with zero attached hydrogens (tertiary/aromatic N) is 4. The zero-order valence-electron chi connectivity index (χ0n) is 24.8. The van der Waals surface area contributed by atoms with Crippen LogP contribution in [0, 0.1) is 5.82 Å². The molecule has 2 aromatic heterocycles. The molecule has 43 heavy (non-hydrogen) atoms. The van der Waals surface area contributed by atoms with Gasteiger partial charge in [0.15, 0.2) is 23.1 Å². The number of nitrogens with one attached hydrogen (secondary N) is 1. The molecular weight excluding hydrogens is 549 g/mol. The van der Waals surface area contributed by atoms with Crippen LogP contribution < -0.4 is 25.1 Å². The van der Waals surface area contributed by atoms with Gasteiger partial charge >= 0.3 is 0 Å². The highest BCUT2D eigenvalue weighted by Gasteiger charge is 2.21. The van der Waals surface area contributed by atoms with E-state index >= 15 is 4.39 Å². The van der Waals surface area contributed by atoms with Crippen LogP contribution in [-0.4, -0.2) is 60.8 Å². The van der Waals surface area contributed by atoms with Crippen molar-refractivity contribution in [3.8, 4) is 34.1 Å². The standard InChI is InChI=1S/C33H34FN5O4/c1-38(2)16-15-36-31(21-9-7-6-8-10-21)32-37-20-24(33(40)39(32)3)22-11-12-28(25(34)17-22)43-27-13-14-35-26-19-30(42-5)29(41-4)18-23(26)27/h6-14,17-20,31,36H,15-16H2,1-5H3. The number of aromatic nitrogens is 3. The van der Waals surface area contributed by atoms with Gasteiger partial charge in [-0.3, -0.25) is 14.3 Å². The second-order valence-electron chi connectivity index (χ2n) is 10.3. The third kappa shape index (κ3) is 6.35. The molecule has 0 saturated carbocycles. The van der Waals surface area contributed by atoms with Gasteiger partial charge in [-0.2, -0.15) is 0 Å². The predicted molar refractivity (Wildman–Crippen MR) is 165 cm³/mol. The fourth-order valence-corrected chi connectivity index (χ4v) is 4.87. The Morgan fingerprint density at radius 3 is 2.37 bits per heavy atom. The number of methoxy groups -OCH3 is 2. The minimum atomic E-state index is -0.624. The summed E-state index contributed by atoms with van der Waals surface area (Å²) in [5.41, 5.74) is 1.99. The van der Waals surface area contributed by atoms with Crippen LogP contribution in [0.25, 0.3) is 22.0 Å². The van der Waals surface area contributed by atoms with Crippen molar-refractivity contribution >= 4 is 10.9 Å². The summed E-state index contributed by atoms with van der Waals surface area (Å²) in [7, 11) is 8.77. The third-order valence-electron chi connectivity index (χ3n) is 7.17. The number of pyridine rings is 1. The maximum atomic E-state index is 15.4. The van der Waals surface area contributed by atoms with Crippen molar-refractivity contribution in [1.29, 1.82) is 0 Å². The Balaban J connectivity index is 1.45. The first-order valence-electron chi connectivity index (χ1n) is 13.8. The molecule has 0 aliphatic carbocycles. The summed E-state index contributed by atoms with van der Waals surface area (Å²) in [6.07, 6.45) is 3.08. The van der Waals surface area contributed by atoms with Crippen LogP contribution in [0.2, 0.25) is 0 Å². The van der Waals surface area contributed by atoms with Crippen LogP contribution in [-0.2, 0) is 7.05 Å². The average Bonchev–Trinajstić information content (AvgIpc) is 3.01. The van der Waals surface area contributed by atoms with E-state index in [9.17, 15) is 4.79 Å². The van der Waals surface area contributed by atoms with Gasteiger partial charge in [-0.05, 0) is 49.5 Å². The van der Waals surface area contributed by atoms with E-state index in [-0.39, 0.29) is 22.9 Å². The Morgan fingerprint density at radius 2 is 1.67 bits per heavy atom. The Bertz CT molecular complexity index is 1790. The summed E-state index contributed by atoms with van der Waals surface area (Å²) in [6.45, 7) is 1.52. The minimum absolute atomic E-state index is 0.00155. The number of likely N-dealkylation sites (N-methyl/N-ethyl adjacent to an activating group) is 1. The lowest BCUT2D eigenvalue weighted by molar-refractivity contribution is 0.355. The Labute approximate surface area is 249 Å². The van der Waals surface area contributed by atoms with E-state index in [2.05, 4.69) is 20.2 Å². The Kier molecular flexibility index (Phi) is 8.98. The van der Waals surface area contributed by atoms with Crippen molar-refractivity contribution in [3.63, 3.8) is 0 Å². The van der Waals surface area contributed by atoms with Gasteiger partial charge in [0.2, 0.25) is 0 Å². The summed E-state index contributed by atoms with van der Waals surface area (Å²) >= 11 is 0. The normalized spacial score (nSPS) is 12.0. The van der Waals surface area contributed by atoms with Crippen molar-refractivity contribution in [2.75, 3.05) is 41.4 Å². The smallest absolute Gasteiger partial charge is 0.261 e. The molecule has 3 aromatic carbocycles. The first-order valence-corrected chi connectivity index (χ1v) is 13.8. The van der Waals surface area contributed by atoms with Gasteiger partial charge in [-0.15, -0.1) is 0 Å². The van der Waals surface area contributed by atoms with Gasteiger partial charge in [-0.25, -0.2) is 9.37 Å². The lowest BCUT2D eigenvalue weighted by Gasteiger charge is -2.22. The molecule has 2 heterocycles. The van der Waals surface area contributed by atoms with Gasteiger partial charge in [-0.1, -0.05) is 36.4 Å². The van der Waals surface area contributed by atoms with Crippen molar-refractivity contribution in [2.24, 2.45) is 7.05 Å². The molecule has 0 spiro atoms. The molecule has 0 aliphatic heterocycles. The maximum absolute atomic E-state index is 15.4. The first-order chi connectivity index (χ1) is 20.8. The minimum Gasteiger partial charge on any atom is -0.493 e. The highest BCUT2D eigenvalue weighted by Crippen LogP contribution is 2.37. The second kappa shape index (κ2) is 13.0. The monoisotopic (exact) mass is 583 g/mol. The van der Waals surface area contributed by atoms with E-state index in [4.69, 9.17) is 14.2 Å². The number of hydrogen-bond donors (Lipinski definition) is 1. The molecule has 222 valence electrons. The molecule has 10 heteroatoms. The van der Waals surface area contributed by atoms with Gasteiger partial charge in [0, 0.05) is 44.0 Å². The molecule has 1 unspecified atom stereocenters. The van der Waals surface area contributed by atoms with E-state index < -0.39 is 5.82 Å².